The van der Waals surface area contributed by atoms with Crippen molar-refractivity contribution in [1.29, 1.82) is 0 Å². The number of nitrogens with one attached hydrogen (secondary N) is 2. The fourth-order valence-corrected chi connectivity index (χ4v) is 3.40. The Kier molecular flexibility index (Phi) is 11.2. The quantitative estimate of drug-likeness (QED) is 0.261. The topological polar surface area (TPSA) is 39.7 Å². The van der Waals surface area contributed by atoms with Gasteiger partial charge in [0.2, 0.25) is 0 Å². The van der Waals surface area contributed by atoms with Crippen molar-refractivity contribution in [2.24, 2.45) is 10.9 Å². The molecule has 0 aliphatic carbocycles. The molecule has 26 heavy (non-hydrogen) atoms. The lowest BCUT2D eigenvalue weighted by Crippen LogP contribution is -2.40. The van der Waals surface area contributed by atoms with Gasteiger partial charge in [-0.25, -0.2) is 0 Å². The summed E-state index contributed by atoms with van der Waals surface area (Å²) in [6.07, 6.45) is 3.52. The van der Waals surface area contributed by atoms with Crippen LogP contribution >= 0.6 is 24.0 Å². The lowest BCUT2D eigenvalue weighted by molar-refractivity contribution is 0.342. The largest absolute Gasteiger partial charge is 0.356 e. The van der Waals surface area contributed by atoms with Crippen LogP contribution in [0, 0.1) is 5.92 Å². The third-order valence-electron chi connectivity index (χ3n) is 5.18. The van der Waals surface area contributed by atoms with Gasteiger partial charge in [0.05, 0.1) is 0 Å². The van der Waals surface area contributed by atoms with Crippen LogP contribution in [0.15, 0.2) is 29.3 Å². The Morgan fingerprint density at radius 3 is 2.54 bits per heavy atom. The molecule has 0 amide bonds. The average molecular weight is 472 g/mol. The first-order valence-electron chi connectivity index (χ1n) is 9.88. The van der Waals surface area contributed by atoms with E-state index in [1.807, 2.05) is 7.05 Å². The van der Waals surface area contributed by atoms with Crippen LogP contribution in [0.2, 0.25) is 0 Å². The molecule has 2 N–H and O–H groups in total. The lowest BCUT2D eigenvalue weighted by Gasteiger charge is -2.16. The van der Waals surface area contributed by atoms with Crippen molar-refractivity contribution < 1.29 is 0 Å². The second-order valence-electron chi connectivity index (χ2n) is 7.43. The van der Waals surface area contributed by atoms with E-state index in [0.29, 0.717) is 5.92 Å². The second-order valence-corrected chi connectivity index (χ2v) is 7.43. The number of aliphatic imine (C=N–C) groups is 1. The van der Waals surface area contributed by atoms with Crippen LogP contribution in [0.3, 0.4) is 0 Å². The van der Waals surface area contributed by atoms with E-state index in [2.05, 4.69) is 65.6 Å². The van der Waals surface area contributed by atoms with Crippen LogP contribution in [0.25, 0.3) is 0 Å². The summed E-state index contributed by atoms with van der Waals surface area (Å²) in [6, 6.07) is 9.05. The molecule has 0 radical (unpaired) electrons. The van der Waals surface area contributed by atoms with Gasteiger partial charge < -0.3 is 15.5 Å². The Bertz CT molecular complexity index is 527. The summed E-state index contributed by atoms with van der Waals surface area (Å²) in [5, 5.41) is 6.93. The molecule has 0 bridgehead atoms. The molecule has 0 aromatic heterocycles. The Hall–Kier alpha value is -0.820. The van der Waals surface area contributed by atoms with E-state index in [4.69, 9.17) is 0 Å². The van der Waals surface area contributed by atoms with Crippen LogP contribution in [0.5, 0.6) is 0 Å². The first kappa shape index (κ1) is 23.2. The Morgan fingerprint density at radius 2 is 1.96 bits per heavy atom. The summed E-state index contributed by atoms with van der Waals surface area (Å²) in [7, 11) is 1.85. The van der Waals surface area contributed by atoms with Crippen molar-refractivity contribution in [3.05, 3.63) is 35.4 Å². The highest BCUT2D eigenvalue weighted by Crippen LogP contribution is 2.15. The maximum atomic E-state index is 4.34. The molecule has 5 heteroatoms. The Balaban J connectivity index is 0.00000338. The van der Waals surface area contributed by atoms with Gasteiger partial charge in [-0.2, -0.15) is 0 Å². The summed E-state index contributed by atoms with van der Waals surface area (Å²) in [5.74, 6) is 2.29. The van der Waals surface area contributed by atoms with E-state index in [1.165, 1.54) is 37.2 Å². The Labute approximate surface area is 177 Å². The molecule has 0 spiro atoms. The fraction of sp³-hybridized carbons (Fsp3) is 0.667. The van der Waals surface area contributed by atoms with Gasteiger partial charge >= 0.3 is 0 Å². The fourth-order valence-electron chi connectivity index (χ4n) is 3.40. The molecule has 148 valence electrons. The van der Waals surface area contributed by atoms with E-state index in [-0.39, 0.29) is 24.0 Å². The number of nitrogens with zero attached hydrogens (tertiary/aromatic N) is 2. The predicted molar refractivity (Wildman–Crippen MR) is 124 cm³/mol. The van der Waals surface area contributed by atoms with E-state index in [1.54, 1.807) is 0 Å². The smallest absolute Gasteiger partial charge is 0.190 e. The van der Waals surface area contributed by atoms with E-state index in [9.17, 15) is 0 Å². The number of benzene rings is 1. The number of rotatable bonds is 8. The zero-order chi connectivity index (χ0) is 18.1. The maximum Gasteiger partial charge on any atom is 0.190 e. The minimum atomic E-state index is 0. The zero-order valence-electron chi connectivity index (χ0n) is 16.9. The summed E-state index contributed by atoms with van der Waals surface area (Å²) >= 11 is 0. The normalized spacial score (nSPS) is 18.0. The van der Waals surface area contributed by atoms with E-state index >= 15 is 0 Å². The summed E-state index contributed by atoms with van der Waals surface area (Å²) in [5.41, 5.74) is 2.83. The Morgan fingerprint density at radius 1 is 1.23 bits per heavy atom. The van der Waals surface area contributed by atoms with Crippen LogP contribution in [0.1, 0.15) is 50.7 Å². The van der Waals surface area contributed by atoms with Crippen molar-refractivity contribution in [2.45, 2.75) is 46.0 Å². The highest BCUT2D eigenvalue weighted by atomic mass is 127. The first-order valence-corrected chi connectivity index (χ1v) is 9.88. The number of aryl methyl sites for hydroxylation is 1. The molecule has 0 saturated carbocycles. The summed E-state index contributed by atoms with van der Waals surface area (Å²) in [6.45, 7) is 12.3. The lowest BCUT2D eigenvalue weighted by atomic mass is 10.0. The molecule has 2 rings (SSSR count). The predicted octanol–water partition coefficient (Wildman–Crippen LogP) is 3.87. The number of guanidine groups is 1. The van der Waals surface area contributed by atoms with Gasteiger partial charge in [0.1, 0.15) is 0 Å². The molecule has 1 unspecified atom stereocenters. The standard InChI is InChI=1S/C21H36N4.HI/c1-5-25-14-12-19(16-25)15-24-21(22-4)23-13-6-7-18-8-10-20(11-9-18)17(2)3;/h8-11,17,19H,5-7,12-16H2,1-4H3,(H2,22,23,24);1H. The summed E-state index contributed by atoms with van der Waals surface area (Å²) < 4.78 is 0. The highest BCUT2D eigenvalue weighted by Gasteiger charge is 2.20. The van der Waals surface area contributed by atoms with Crippen LogP contribution in [0.4, 0.5) is 0 Å². The van der Waals surface area contributed by atoms with Gasteiger partial charge in [-0.15, -0.1) is 24.0 Å². The van der Waals surface area contributed by atoms with Crippen molar-refractivity contribution in [3.8, 4) is 0 Å². The third-order valence-corrected chi connectivity index (χ3v) is 5.18. The van der Waals surface area contributed by atoms with Gasteiger partial charge in [0, 0.05) is 26.7 Å². The van der Waals surface area contributed by atoms with Gasteiger partial charge in [-0.3, -0.25) is 4.99 Å². The molecule has 1 saturated heterocycles. The minimum Gasteiger partial charge on any atom is -0.356 e. The van der Waals surface area contributed by atoms with Crippen LogP contribution in [-0.2, 0) is 6.42 Å². The molecular weight excluding hydrogens is 435 g/mol. The van der Waals surface area contributed by atoms with Crippen molar-refractivity contribution in [1.82, 2.24) is 15.5 Å². The molecule has 1 atom stereocenters. The van der Waals surface area contributed by atoms with Gasteiger partial charge in [0.15, 0.2) is 5.96 Å². The van der Waals surface area contributed by atoms with E-state index < -0.39 is 0 Å². The molecule has 1 aromatic carbocycles. The van der Waals surface area contributed by atoms with Gasteiger partial charge in [-0.05, 0) is 55.3 Å². The number of hydrogen-bond acceptors (Lipinski definition) is 2. The highest BCUT2D eigenvalue weighted by molar-refractivity contribution is 14.0. The zero-order valence-corrected chi connectivity index (χ0v) is 19.3. The average Bonchev–Trinajstić information content (AvgIpc) is 3.09. The first-order chi connectivity index (χ1) is 12.1. The van der Waals surface area contributed by atoms with Crippen LogP contribution in [-0.4, -0.2) is 50.6 Å². The SMILES string of the molecule is CCN1CCC(CNC(=NC)NCCCc2ccc(C(C)C)cc2)C1.I. The molecule has 4 nitrogen and oxygen atoms in total. The maximum absolute atomic E-state index is 4.34. The van der Waals surface area contributed by atoms with Crippen molar-refractivity contribution in [2.75, 3.05) is 39.8 Å². The molecule has 1 aliphatic rings. The van der Waals surface area contributed by atoms with Crippen LogP contribution < -0.4 is 10.6 Å². The molecule has 1 fully saturated rings. The minimum absolute atomic E-state index is 0. The van der Waals surface area contributed by atoms with E-state index in [0.717, 1.165) is 37.8 Å². The van der Waals surface area contributed by atoms with Gasteiger partial charge in [-0.1, -0.05) is 45.0 Å². The number of likely N-dealkylation sites (tertiary alicyclic amines) is 1. The van der Waals surface area contributed by atoms with Crippen molar-refractivity contribution >= 4 is 29.9 Å². The van der Waals surface area contributed by atoms with Gasteiger partial charge in [0.25, 0.3) is 0 Å². The molecule has 1 aliphatic heterocycles. The third kappa shape index (κ3) is 7.82. The monoisotopic (exact) mass is 472 g/mol. The molecular formula is C21H37IN4. The number of halogens is 1. The summed E-state index contributed by atoms with van der Waals surface area (Å²) in [4.78, 5) is 6.87. The van der Waals surface area contributed by atoms with Crippen molar-refractivity contribution in [3.63, 3.8) is 0 Å². The second kappa shape index (κ2) is 12.5. The molecule has 1 heterocycles. The molecule has 1 aromatic rings. The number of hydrogen-bond donors (Lipinski definition) is 2.